The molecule has 20 heavy (non-hydrogen) atoms. The van der Waals surface area contributed by atoms with E-state index in [4.69, 9.17) is 5.11 Å². The fraction of sp³-hybridized carbons (Fsp3) is 0.278. The van der Waals surface area contributed by atoms with Gasteiger partial charge in [-0.3, -0.25) is 4.79 Å². The molecule has 2 nitrogen and oxygen atoms in total. The number of allylic oxidation sites excluding steroid dienone is 1. The monoisotopic (exact) mass is 266 g/mol. The Kier molecular flexibility index (Phi) is 2.72. The van der Waals surface area contributed by atoms with Crippen LogP contribution in [0.4, 0.5) is 0 Å². The van der Waals surface area contributed by atoms with E-state index in [0.717, 1.165) is 11.1 Å². The Morgan fingerprint density at radius 2 is 1.95 bits per heavy atom. The zero-order valence-corrected chi connectivity index (χ0v) is 11.8. The van der Waals surface area contributed by atoms with E-state index in [-0.39, 0.29) is 17.8 Å². The van der Waals surface area contributed by atoms with Crippen LogP contribution in [-0.2, 0) is 10.2 Å². The van der Waals surface area contributed by atoms with Gasteiger partial charge in [-0.1, -0.05) is 62.4 Å². The standard InChI is InChI=1S/C18H18O2/c1-11-15(10-16(19)20)14-9-8-12-6-4-5-7-13(12)17(14)18(11,2)3/h4-9,15H,1,10H2,2-3H3,(H,19,20). The molecule has 2 heteroatoms. The predicted molar refractivity (Wildman–Crippen MR) is 81.1 cm³/mol. The van der Waals surface area contributed by atoms with Crippen LogP contribution >= 0.6 is 0 Å². The zero-order valence-electron chi connectivity index (χ0n) is 11.8. The van der Waals surface area contributed by atoms with Gasteiger partial charge < -0.3 is 5.11 Å². The molecule has 0 bridgehead atoms. The molecule has 0 amide bonds. The van der Waals surface area contributed by atoms with Crippen LogP contribution in [0.15, 0.2) is 48.6 Å². The highest BCUT2D eigenvalue weighted by Crippen LogP contribution is 2.52. The third-order valence-corrected chi connectivity index (χ3v) is 4.56. The second-order valence-electron chi connectivity index (χ2n) is 6.05. The molecule has 1 N–H and O–H groups in total. The van der Waals surface area contributed by atoms with Crippen molar-refractivity contribution in [3.8, 4) is 0 Å². The van der Waals surface area contributed by atoms with E-state index in [0.29, 0.717) is 0 Å². The summed E-state index contributed by atoms with van der Waals surface area (Å²) in [6.45, 7) is 8.48. The molecule has 0 radical (unpaired) electrons. The van der Waals surface area contributed by atoms with Crippen LogP contribution in [0.3, 0.4) is 0 Å². The molecule has 1 aliphatic rings. The first-order chi connectivity index (χ1) is 9.43. The molecule has 3 rings (SSSR count). The van der Waals surface area contributed by atoms with Crippen molar-refractivity contribution in [1.29, 1.82) is 0 Å². The maximum absolute atomic E-state index is 11.1. The van der Waals surface area contributed by atoms with E-state index >= 15 is 0 Å². The molecule has 102 valence electrons. The molecule has 0 aromatic heterocycles. The summed E-state index contributed by atoms with van der Waals surface area (Å²) < 4.78 is 0. The van der Waals surface area contributed by atoms with Gasteiger partial charge in [0.25, 0.3) is 0 Å². The number of hydrogen-bond acceptors (Lipinski definition) is 1. The van der Waals surface area contributed by atoms with Crippen LogP contribution in [0.2, 0.25) is 0 Å². The van der Waals surface area contributed by atoms with Gasteiger partial charge >= 0.3 is 5.97 Å². The summed E-state index contributed by atoms with van der Waals surface area (Å²) in [6, 6.07) is 12.4. The Morgan fingerprint density at radius 3 is 2.65 bits per heavy atom. The number of aliphatic carboxylic acids is 1. The van der Waals surface area contributed by atoms with Gasteiger partial charge in [0.2, 0.25) is 0 Å². The summed E-state index contributed by atoms with van der Waals surface area (Å²) in [5.74, 6) is -0.852. The first-order valence-electron chi connectivity index (χ1n) is 6.86. The minimum absolute atomic E-state index is 0.0814. The second kappa shape index (κ2) is 4.20. The minimum Gasteiger partial charge on any atom is -0.481 e. The van der Waals surface area contributed by atoms with Crippen LogP contribution in [0.5, 0.6) is 0 Å². The van der Waals surface area contributed by atoms with Gasteiger partial charge in [0, 0.05) is 11.3 Å². The van der Waals surface area contributed by atoms with Gasteiger partial charge in [0.05, 0.1) is 6.42 Å². The lowest BCUT2D eigenvalue weighted by atomic mass is 9.80. The lowest BCUT2D eigenvalue weighted by molar-refractivity contribution is -0.137. The topological polar surface area (TPSA) is 37.3 Å². The second-order valence-corrected chi connectivity index (χ2v) is 6.05. The van der Waals surface area contributed by atoms with Crippen LogP contribution < -0.4 is 0 Å². The molecule has 1 aliphatic carbocycles. The molecule has 0 saturated carbocycles. The van der Waals surface area contributed by atoms with Crippen LogP contribution in [0.1, 0.15) is 37.3 Å². The quantitative estimate of drug-likeness (QED) is 0.825. The summed E-state index contributed by atoms with van der Waals surface area (Å²) >= 11 is 0. The Bertz CT molecular complexity index is 725. The van der Waals surface area contributed by atoms with E-state index in [2.05, 4.69) is 44.7 Å². The van der Waals surface area contributed by atoms with E-state index in [9.17, 15) is 4.79 Å². The molecular weight excluding hydrogens is 248 g/mol. The SMILES string of the molecule is C=C1C(CC(=O)O)c2ccc3ccccc3c2C1(C)C. The van der Waals surface area contributed by atoms with Gasteiger partial charge in [0.1, 0.15) is 0 Å². The number of carboxylic acid groups (broad SMARTS) is 1. The highest BCUT2D eigenvalue weighted by Gasteiger charge is 2.42. The molecule has 0 aliphatic heterocycles. The average molecular weight is 266 g/mol. The lowest BCUT2D eigenvalue weighted by Crippen LogP contribution is -2.16. The Hall–Kier alpha value is -2.09. The molecule has 0 heterocycles. The van der Waals surface area contributed by atoms with E-state index < -0.39 is 5.97 Å². The summed E-state index contributed by atoms with van der Waals surface area (Å²) in [5, 5.41) is 11.6. The molecule has 0 spiro atoms. The maximum Gasteiger partial charge on any atom is 0.304 e. The fourth-order valence-corrected chi connectivity index (χ4v) is 3.47. The van der Waals surface area contributed by atoms with Gasteiger partial charge in [0.15, 0.2) is 0 Å². The van der Waals surface area contributed by atoms with E-state index in [1.807, 2.05) is 12.1 Å². The lowest BCUT2D eigenvalue weighted by Gasteiger charge is -2.23. The molecular formula is C18H18O2. The Balaban J connectivity index is 2.30. The molecule has 2 aromatic carbocycles. The van der Waals surface area contributed by atoms with Crippen molar-refractivity contribution in [2.75, 3.05) is 0 Å². The Labute approximate surface area is 118 Å². The number of fused-ring (bicyclic) bond motifs is 3. The zero-order chi connectivity index (χ0) is 14.5. The van der Waals surface area contributed by atoms with E-state index in [1.54, 1.807) is 0 Å². The van der Waals surface area contributed by atoms with Crippen molar-refractivity contribution >= 4 is 16.7 Å². The number of hydrogen-bond donors (Lipinski definition) is 1. The first-order valence-corrected chi connectivity index (χ1v) is 6.86. The summed E-state index contributed by atoms with van der Waals surface area (Å²) in [6.07, 6.45) is 0.119. The molecule has 0 saturated heterocycles. The van der Waals surface area contributed by atoms with Crippen molar-refractivity contribution in [1.82, 2.24) is 0 Å². The molecule has 0 fully saturated rings. The molecule has 1 atom stereocenters. The van der Waals surface area contributed by atoms with Gasteiger partial charge in [-0.2, -0.15) is 0 Å². The highest BCUT2D eigenvalue weighted by molar-refractivity contribution is 5.90. The van der Waals surface area contributed by atoms with Crippen molar-refractivity contribution in [3.63, 3.8) is 0 Å². The van der Waals surface area contributed by atoms with Crippen molar-refractivity contribution in [2.45, 2.75) is 31.6 Å². The normalized spacial score (nSPS) is 20.1. The first kappa shape index (κ1) is 12.9. The average Bonchev–Trinajstić information content (AvgIpc) is 2.60. The largest absolute Gasteiger partial charge is 0.481 e. The van der Waals surface area contributed by atoms with Gasteiger partial charge in [-0.25, -0.2) is 0 Å². The van der Waals surface area contributed by atoms with Crippen molar-refractivity contribution < 1.29 is 9.90 Å². The van der Waals surface area contributed by atoms with Crippen LogP contribution in [0.25, 0.3) is 10.8 Å². The number of benzene rings is 2. The highest BCUT2D eigenvalue weighted by atomic mass is 16.4. The maximum atomic E-state index is 11.1. The third-order valence-electron chi connectivity index (χ3n) is 4.56. The van der Waals surface area contributed by atoms with Crippen LogP contribution in [-0.4, -0.2) is 11.1 Å². The minimum atomic E-state index is -0.770. The van der Waals surface area contributed by atoms with Crippen LogP contribution in [0, 0.1) is 0 Å². The van der Waals surface area contributed by atoms with Gasteiger partial charge in [-0.05, 0) is 21.9 Å². The van der Waals surface area contributed by atoms with E-state index in [1.165, 1.54) is 16.3 Å². The van der Waals surface area contributed by atoms with Gasteiger partial charge in [-0.15, -0.1) is 0 Å². The third kappa shape index (κ3) is 1.68. The summed E-state index contributed by atoms with van der Waals surface area (Å²) in [4.78, 5) is 11.1. The molecule has 2 aromatic rings. The van der Waals surface area contributed by atoms with Crippen molar-refractivity contribution in [3.05, 3.63) is 59.7 Å². The Morgan fingerprint density at radius 1 is 1.25 bits per heavy atom. The summed E-state index contributed by atoms with van der Waals surface area (Å²) in [5.41, 5.74) is 3.19. The van der Waals surface area contributed by atoms with Crippen molar-refractivity contribution in [2.24, 2.45) is 0 Å². The summed E-state index contributed by atoms with van der Waals surface area (Å²) in [7, 11) is 0. The number of rotatable bonds is 2. The number of carboxylic acids is 1. The smallest absolute Gasteiger partial charge is 0.304 e. The fourth-order valence-electron chi connectivity index (χ4n) is 3.47. The predicted octanol–water partition coefficient (Wildman–Crippen LogP) is 4.25. The molecule has 1 unspecified atom stereocenters. The number of carbonyl (C=O) groups is 1.